The molecule has 0 saturated carbocycles. The molecule has 9 nitrogen and oxygen atoms in total. The van der Waals surface area contributed by atoms with Crippen LogP contribution >= 0.6 is 11.3 Å². The lowest BCUT2D eigenvalue weighted by molar-refractivity contribution is 0.0529. The zero-order valence-corrected chi connectivity index (χ0v) is 21.2. The summed E-state index contributed by atoms with van der Waals surface area (Å²) < 4.78 is 32.0. The van der Waals surface area contributed by atoms with E-state index in [1.165, 1.54) is 51.9 Å². The Bertz CT molecular complexity index is 1200. The molecule has 1 aromatic heterocycles. The summed E-state index contributed by atoms with van der Waals surface area (Å²) in [7, 11) is 7.49. The molecule has 0 aliphatic heterocycles. The van der Waals surface area contributed by atoms with Gasteiger partial charge in [0.1, 0.15) is 10.6 Å². The lowest BCUT2D eigenvalue weighted by atomic mass is 10.0. The van der Waals surface area contributed by atoms with Crippen molar-refractivity contribution in [1.29, 1.82) is 0 Å². The normalized spacial score (nSPS) is 10.3. The molecule has 1 N–H and O–H groups in total. The van der Waals surface area contributed by atoms with Crippen molar-refractivity contribution in [2.24, 2.45) is 0 Å². The molecule has 35 heavy (non-hydrogen) atoms. The van der Waals surface area contributed by atoms with E-state index in [4.69, 9.17) is 28.4 Å². The molecular weight excluding hydrogens is 474 g/mol. The molecule has 0 atom stereocenters. The number of ether oxygens (including phenoxy) is 6. The largest absolute Gasteiger partial charge is 0.493 e. The average Bonchev–Trinajstić information content (AvgIpc) is 3.30. The van der Waals surface area contributed by atoms with E-state index in [-0.39, 0.29) is 17.7 Å². The van der Waals surface area contributed by atoms with E-state index in [1.807, 2.05) is 0 Å². The van der Waals surface area contributed by atoms with Crippen LogP contribution in [0, 0.1) is 0 Å². The summed E-state index contributed by atoms with van der Waals surface area (Å²) in [4.78, 5) is 26.1. The first kappa shape index (κ1) is 25.7. The van der Waals surface area contributed by atoms with Gasteiger partial charge in [-0.1, -0.05) is 6.07 Å². The third-order valence-electron chi connectivity index (χ3n) is 5.12. The van der Waals surface area contributed by atoms with Gasteiger partial charge in [-0.2, -0.15) is 0 Å². The van der Waals surface area contributed by atoms with Gasteiger partial charge < -0.3 is 33.7 Å². The maximum atomic E-state index is 13.2. The highest BCUT2D eigenvalue weighted by Gasteiger charge is 2.25. The average molecular weight is 502 g/mol. The van der Waals surface area contributed by atoms with Crippen molar-refractivity contribution in [2.45, 2.75) is 6.92 Å². The Morgan fingerprint density at radius 3 is 2.00 bits per heavy atom. The van der Waals surface area contributed by atoms with E-state index in [1.54, 1.807) is 37.6 Å². The van der Waals surface area contributed by atoms with Gasteiger partial charge in [0, 0.05) is 16.5 Å². The number of anilines is 1. The van der Waals surface area contributed by atoms with E-state index in [9.17, 15) is 9.59 Å². The minimum Gasteiger partial charge on any atom is -0.493 e. The quantitative estimate of drug-likeness (QED) is 0.392. The molecule has 0 unspecified atom stereocenters. The summed E-state index contributed by atoms with van der Waals surface area (Å²) in [6, 6.07) is 8.37. The van der Waals surface area contributed by atoms with Crippen molar-refractivity contribution in [2.75, 3.05) is 47.5 Å². The summed E-state index contributed by atoms with van der Waals surface area (Å²) in [6.07, 6.45) is 0. The zero-order chi connectivity index (χ0) is 25.5. The first-order valence-corrected chi connectivity index (χ1v) is 11.4. The monoisotopic (exact) mass is 501 g/mol. The van der Waals surface area contributed by atoms with Crippen LogP contribution in [0.5, 0.6) is 28.7 Å². The Kier molecular flexibility index (Phi) is 8.43. The third-order valence-corrected chi connectivity index (χ3v) is 6.01. The van der Waals surface area contributed by atoms with Crippen molar-refractivity contribution in [3.8, 4) is 39.9 Å². The van der Waals surface area contributed by atoms with Crippen LogP contribution in [0.25, 0.3) is 11.1 Å². The number of amides is 1. The van der Waals surface area contributed by atoms with Crippen molar-refractivity contribution in [3.05, 3.63) is 46.8 Å². The molecule has 186 valence electrons. The highest BCUT2D eigenvalue weighted by molar-refractivity contribution is 7.15. The van der Waals surface area contributed by atoms with Crippen LogP contribution in [-0.2, 0) is 4.74 Å². The molecule has 0 fully saturated rings. The molecule has 3 aromatic rings. The fraction of sp³-hybridized carbons (Fsp3) is 0.280. The maximum absolute atomic E-state index is 13.2. The number of carbonyl (C=O) groups excluding carboxylic acids is 2. The minimum atomic E-state index is -0.557. The summed E-state index contributed by atoms with van der Waals surface area (Å²) >= 11 is 1.21. The Morgan fingerprint density at radius 2 is 1.46 bits per heavy atom. The van der Waals surface area contributed by atoms with Crippen LogP contribution < -0.4 is 29.0 Å². The topological polar surface area (TPSA) is 102 Å². The van der Waals surface area contributed by atoms with Crippen LogP contribution in [0.15, 0.2) is 35.7 Å². The smallest absolute Gasteiger partial charge is 0.341 e. The molecule has 2 aromatic carbocycles. The van der Waals surface area contributed by atoms with Crippen molar-refractivity contribution >= 4 is 28.2 Å². The Balaban J connectivity index is 2.04. The molecule has 1 heterocycles. The van der Waals surface area contributed by atoms with Gasteiger partial charge in [-0.25, -0.2) is 4.79 Å². The molecule has 3 rings (SSSR count). The van der Waals surface area contributed by atoms with Gasteiger partial charge in [-0.3, -0.25) is 4.79 Å². The lowest BCUT2D eigenvalue weighted by Gasteiger charge is -2.14. The molecule has 0 saturated heterocycles. The number of rotatable bonds is 10. The van der Waals surface area contributed by atoms with Gasteiger partial charge in [0.05, 0.1) is 42.2 Å². The van der Waals surface area contributed by atoms with Gasteiger partial charge in [0.15, 0.2) is 23.0 Å². The number of hydrogen-bond donors (Lipinski definition) is 1. The highest BCUT2D eigenvalue weighted by atomic mass is 32.1. The summed E-state index contributed by atoms with van der Waals surface area (Å²) in [6.45, 7) is 1.90. The number of hydrogen-bond acceptors (Lipinski definition) is 9. The number of carbonyl (C=O) groups is 2. The fourth-order valence-electron chi connectivity index (χ4n) is 3.46. The molecule has 0 bridgehead atoms. The SMILES string of the molecule is CCOC(=O)c1c(-c2ccc(OC)c(OC)c2)csc1NC(=O)c1cc(OC)c(OC)c(OC)c1. The van der Waals surface area contributed by atoms with Crippen LogP contribution in [-0.4, -0.2) is 54.0 Å². The number of nitrogens with one attached hydrogen (secondary N) is 1. The van der Waals surface area contributed by atoms with Gasteiger partial charge >= 0.3 is 5.97 Å². The second-order valence-electron chi connectivity index (χ2n) is 7.01. The number of thiophene rings is 1. The summed E-state index contributed by atoms with van der Waals surface area (Å²) in [5.41, 5.74) is 1.80. The molecule has 1 amide bonds. The number of benzene rings is 2. The number of esters is 1. The standard InChI is InChI=1S/C25H27NO8S/c1-7-34-25(28)21-16(14-8-9-17(29-2)18(10-14)30-3)13-35-24(21)26-23(27)15-11-19(31-4)22(33-6)20(12-15)32-5/h8-13H,7H2,1-6H3,(H,26,27). The molecule has 0 radical (unpaired) electrons. The van der Waals surface area contributed by atoms with Crippen LogP contribution in [0.1, 0.15) is 27.6 Å². The highest BCUT2D eigenvalue weighted by Crippen LogP contribution is 2.41. The third kappa shape index (κ3) is 5.27. The fourth-order valence-corrected chi connectivity index (χ4v) is 4.41. The molecule has 0 aliphatic carbocycles. The van der Waals surface area contributed by atoms with Crippen LogP contribution in [0.3, 0.4) is 0 Å². The Hall–Kier alpha value is -3.92. The number of methoxy groups -OCH3 is 5. The van der Waals surface area contributed by atoms with E-state index in [0.717, 1.165) is 0 Å². The minimum absolute atomic E-state index is 0.181. The van der Waals surface area contributed by atoms with Gasteiger partial charge in [0.25, 0.3) is 5.91 Å². The maximum Gasteiger partial charge on any atom is 0.341 e. The molecule has 0 aliphatic rings. The lowest BCUT2D eigenvalue weighted by Crippen LogP contribution is -2.15. The Morgan fingerprint density at radius 1 is 0.829 bits per heavy atom. The van der Waals surface area contributed by atoms with Gasteiger partial charge in [0.2, 0.25) is 5.75 Å². The van der Waals surface area contributed by atoms with Crippen molar-refractivity contribution < 1.29 is 38.0 Å². The molecule has 0 spiro atoms. The second-order valence-corrected chi connectivity index (χ2v) is 7.89. The van der Waals surface area contributed by atoms with E-state index in [2.05, 4.69) is 5.32 Å². The predicted octanol–water partition coefficient (Wildman–Crippen LogP) is 4.89. The van der Waals surface area contributed by atoms with E-state index in [0.29, 0.717) is 44.9 Å². The van der Waals surface area contributed by atoms with Gasteiger partial charge in [-0.15, -0.1) is 11.3 Å². The molecule has 10 heteroatoms. The van der Waals surface area contributed by atoms with Crippen LogP contribution in [0.4, 0.5) is 5.00 Å². The van der Waals surface area contributed by atoms with E-state index >= 15 is 0 Å². The van der Waals surface area contributed by atoms with Gasteiger partial charge in [-0.05, 0) is 36.8 Å². The first-order valence-electron chi connectivity index (χ1n) is 10.5. The summed E-state index contributed by atoms with van der Waals surface area (Å²) in [5.74, 6) is 1.08. The van der Waals surface area contributed by atoms with Crippen molar-refractivity contribution in [1.82, 2.24) is 0 Å². The zero-order valence-electron chi connectivity index (χ0n) is 20.3. The molecular formula is C25H27NO8S. The van der Waals surface area contributed by atoms with Crippen molar-refractivity contribution in [3.63, 3.8) is 0 Å². The predicted molar refractivity (Wildman–Crippen MR) is 133 cm³/mol. The second kappa shape index (κ2) is 11.5. The first-order chi connectivity index (χ1) is 16.9. The van der Waals surface area contributed by atoms with E-state index < -0.39 is 11.9 Å². The Labute approximate surface area is 207 Å². The van der Waals surface area contributed by atoms with Crippen LogP contribution in [0.2, 0.25) is 0 Å². The summed E-state index contributed by atoms with van der Waals surface area (Å²) in [5, 5.41) is 4.93.